The van der Waals surface area contributed by atoms with Gasteiger partial charge in [0.05, 0.1) is 18.9 Å². The first-order chi connectivity index (χ1) is 16.0. The quantitative estimate of drug-likeness (QED) is 0.597. The van der Waals surface area contributed by atoms with E-state index in [0.29, 0.717) is 24.7 Å². The van der Waals surface area contributed by atoms with E-state index >= 15 is 0 Å². The zero-order chi connectivity index (χ0) is 22.8. The summed E-state index contributed by atoms with van der Waals surface area (Å²) in [6.45, 7) is 2.73. The van der Waals surface area contributed by atoms with Gasteiger partial charge in [0.2, 0.25) is 0 Å². The average molecular weight is 471 g/mol. The second kappa shape index (κ2) is 9.36. The summed E-state index contributed by atoms with van der Waals surface area (Å²) in [7, 11) is 0. The van der Waals surface area contributed by atoms with Crippen molar-refractivity contribution in [2.45, 2.75) is 43.6 Å². The fraction of sp³-hybridized carbons (Fsp3) is 0.522. The molecule has 2 aliphatic carbocycles. The Morgan fingerprint density at radius 1 is 1.18 bits per heavy atom. The van der Waals surface area contributed by atoms with Crippen molar-refractivity contribution in [3.63, 3.8) is 0 Å². The van der Waals surface area contributed by atoms with Crippen LogP contribution in [-0.4, -0.2) is 62.9 Å². The summed E-state index contributed by atoms with van der Waals surface area (Å²) in [6.07, 6.45) is 4.84. The van der Waals surface area contributed by atoms with Crippen LogP contribution in [0.4, 0.5) is 16.3 Å². The summed E-state index contributed by atoms with van der Waals surface area (Å²) in [5.74, 6) is 1.43. The van der Waals surface area contributed by atoms with Gasteiger partial charge in [-0.2, -0.15) is 0 Å². The number of ether oxygens (including phenoxy) is 1. The molecule has 1 saturated heterocycles. The molecule has 9 nitrogen and oxygen atoms in total. The molecule has 1 aliphatic heterocycles. The summed E-state index contributed by atoms with van der Waals surface area (Å²) in [6, 6.07) is 9.45. The van der Waals surface area contributed by atoms with Crippen LogP contribution in [0.5, 0.6) is 0 Å². The molecule has 176 valence electrons. The maximum Gasteiger partial charge on any atom is 0.319 e. The van der Waals surface area contributed by atoms with E-state index in [1.165, 1.54) is 0 Å². The van der Waals surface area contributed by atoms with Gasteiger partial charge in [-0.15, -0.1) is 0 Å². The fourth-order valence-corrected chi connectivity index (χ4v) is 5.14. The molecule has 0 spiro atoms. The van der Waals surface area contributed by atoms with Crippen LogP contribution >= 0.6 is 0 Å². The molecule has 2 aromatic rings. The van der Waals surface area contributed by atoms with Crippen LogP contribution in [0.3, 0.4) is 0 Å². The van der Waals surface area contributed by atoms with Gasteiger partial charge in [0.15, 0.2) is 5.82 Å². The smallest absolute Gasteiger partial charge is 0.319 e. The number of anilines is 2. The zero-order valence-electron chi connectivity index (χ0n) is 18.4. The molecule has 1 atom stereocenters. The summed E-state index contributed by atoms with van der Waals surface area (Å²) in [5.41, 5.74) is 1.86. The number of aromatic nitrogens is 2. The van der Waals surface area contributed by atoms with Gasteiger partial charge in [-0.25, -0.2) is 14.8 Å². The molecule has 1 unspecified atom stereocenters. The fourth-order valence-electron chi connectivity index (χ4n) is 4.25. The Balaban J connectivity index is 1.39. The Hall–Kier alpha value is -2.56. The first-order valence-corrected chi connectivity index (χ1v) is 12.7. The average Bonchev–Trinajstić information content (AvgIpc) is 3.57. The first-order valence-electron chi connectivity index (χ1n) is 11.5. The van der Waals surface area contributed by atoms with Crippen LogP contribution in [0.1, 0.15) is 37.8 Å². The second-order valence-corrected chi connectivity index (χ2v) is 9.96. The Labute approximate surface area is 195 Å². The number of morpholine rings is 1. The molecule has 3 aliphatic rings. The number of nitrogens with zero attached hydrogens (tertiary/aromatic N) is 3. The number of benzene rings is 1. The normalized spacial score (nSPS) is 20.6. The van der Waals surface area contributed by atoms with Crippen molar-refractivity contribution in [3.05, 3.63) is 36.0 Å². The van der Waals surface area contributed by atoms with E-state index < -0.39 is 16.5 Å². The van der Waals surface area contributed by atoms with Gasteiger partial charge in [-0.3, -0.25) is 4.21 Å². The number of carbonyl (C=O) groups excluding carboxylic acids is 1. The topological polar surface area (TPSA) is 120 Å². The van der Waals surface area contributed by atoms with Crippen LogP contribution < -0.4 is 15.5 Å². The minimum Gasteiger partial charge on any atom is -0.772 e. The number of hydrogen-bond acceptors (Lipinski definition) is 7. The highest BCUT2D eigenvalue weighted by atomic mass is 32.2. The lowest BCUT2D eigenvalue weighted by atomic mass is 9.93. The van der Waals surface area contributed by atoms with Crippen molar-refractivity contribution in [2.75, 3.05) is 42.3 Å². The maximum atomic E-state index is 12.1. The standard InChI is InChI=1S/C23H29N5O4S/c29-22(24-17-2-1-3-17)25-18-6-4-16(5-7-18)21-26-19(23(8-9-23)15-33(30)31)14-20(27-21)28-10-12-32-13-11-28/h4-7,14,17H,1-3,8-13,15H2,(H,30,31)(H2,24,25,29)/p-1. The van der Waals surface area contributed by atoms with Gasteiger partial charge in [-0.1, -0.05) is 11.1 Å². The van der Waals surface area contributed by atoms with Gasteiger partial charge < -0.3 is 24.8 Å². The minimum atomic E-state index is -2.14. The molecule has 33 heavy (non-hydrogen) atoms. The highest BCUT2D eigenvalue weighted by molar-refractivity contribution is 7.79. The van der Waals surface area contributed by atoms with Crippen LogP contribution in [0.25, 0.3) is 11.4 Å². The highest BCUT2D eigenvalue weighted by Crippen LogP contribution is 2.48. The number of rotatable bonds is 7. The van der Waals surface area contributed by atoms with E-state index in [1.54, 1.807) is 0 Å². The zero-order valence-corrected chi connectivity index (χ0v) is 19.2. The summed E-state index contributed by atoms with van der Waals surface area (Å²) < 4.78 is 28.4. The predicted octanol–water partition coefficient (Wildman–Crippen LogP) is 2.56. The Bertz CT molecular complexity index is 1030. The number of urea groups is 1. The summed E-state index contributed by atoms with van der Waals surface area (Å²) >= 11 is -2.14. The third-order valence-electron chi connectivity index (χ3n) is 6.68. The van der Waals surface area contributed by atoms with E-state index in [2.05, 4.69) is 15.5 Å². The molecular weight excluding hydrogens is 442 g/mol. The summed E-state index contributed by atoms with van der Waals surface area (Å²) in [4.78, 5) is 23.9. The molecule has 1 aromatic heterocycles. The van der Waals surface area contributed by atoms with Crippen LogP contribution in [0.2, 0.25) is 0 Å². The molecule has 1 aromatic carbocycles. The lowest BCUT2D eigenvalue weighted by Gasteiger charge is -2.29. The molecule has 2 N–H and O–H groups in total. The lowest BCUT2D eigenvalue weighted by molar-refractivity contribution is 0.122. The van der Waals surface area contributed by atoms with Gasteiger partial charge in [0.25, 0.3) is 0 Å². The molecule has 2 heterocycles. The predicted molar refractivity (Wildman–Crippen MR) is 125 cm³/mol. The molecule has 0 radical (unpaired) electrons. The second-order valence-electron chi connectivity index (χ2n) is 9.07. The SMILES string of the molecule is O=C(Nc1ccc(-c2nc(N3CCOCC3)cc(C3(CS(=O)[O-])CC3)n2)cc1)NC1CCC1. The van der Waals surface area contributed by atoms with E-state index in [1.807, 2.05) is 30.3 Å². The van der Waals surface area contributed by atoms with E-state index in [-0.39, 0.29) is 17.8 Å². The highest BCUT2D eigenvalue weighted by Gasteiger charge is 2.46. The van der Waals surface area contributed by atoms with Gasteiger partial charge in [0.1, 0.15) is 5.82 Å². The maximum absolute atomic E-state index is 12.1. The van der Waals surface area contributed by atoms with Crippen molar-refractivity contribution in [2.24, 2.45) is 0 Å². The van der Waals surface area contributed by atoms with Gasteiger partial charge in [0, 0.05) is 47.6 Å². The molecule has 10 heteroatoms. The molecule has 2 amide bonds. The monoisotopic (exact) mass is 470 g/mol. The number of hydrogen-bond donors (Lipinski definition) is 2. The van der Waals surface area contributed by atoms with Crippen molar-refractivity contribution in [1.29, 1.82) is 0 Å². The van der Waals surface area contributed by atoms with Crippen molar-refractivity contribution < 1.29 is 18.3 Å². The number of amides is 2. The molecule has 0 bridgehead atoms. The Morgan fingerprint density at radius 2 is 1.91 bits per heavy atom. The largest absolute Gasteiger partial charge is 0.772 e. The third-order valence-corrected chi connectivity index (χ3v) is 7.47. The van der Waals surface area contributed by atoms with Gasteiger partial charge in [-0.05, 0) is 56.4 Å². The van der Waals surface area contributed by atoms with Crippen molar-refractivity contribution >= 4 is 28.6 Å². The van der Waals surface area contributed by atoms with Crippen molar-refractivity contribution in [1.82, 2.24) is 15.3 Å². The molecule has 5 rings (SSSR count). The molecule has 3 fully saturated rings. The lowest BCUT2D eigenvalue weighted by Crippen LogP contribution is -2.41. The van der Waals surface area contributed by atoms with E-state index in [0.717, 1.165) is 62.3 Å². The number of nitrogens with one attached hydrogen (secondary N) is 2. The number of carbonyl (C=O) groups is 1. The van der Waals surface area contributed by atoms with Crippen LogP contribution in [0, 0.1) is 0 Å². The molecular formula is C23H28N5O4S-. The minimum absolute atomic E-state index is 0.0744. The summed E-state index contributed by atoms with van der Waals surface area (Å²) in [5, 5.41) is 5.83. The van der Waals surface area contributed by atoms with Crippen LogP contribution in [-0.2, 0) is 21.2 Å². The van der Waals surface area contributed by atoms with E-state index in [9.17, 15) is 13.6 Å². The molecule has 2 saturated carbocycles. The van der Waals surface area contributed by atoms with Gasteiger partial charge >= 0.3 is 6.03 Å². The Kier molecular flexibility index (Phi) is 6.31. The first kappa shape index (κ1) is 22.2. The Morgan fingerprint density at radius 3 is 2.52 bits per heavy atom. The van der Waals surface area contributed by atoms with Crippen LogP contribution in [0.15, 0.2) is 30.3 Å². The van der Waals surface area contributed by atoms with E-state index in [4.69, 9.17) is 14.7 Å². The van der Waals surface area contributed by atoms with Crippen molar-refractivity contribution in [3.8, 4) is 11.4 Å². The third kappa shape index (κ3) is 5.18.